The van der Waals surface area contributed by atoms with Gasteiger partial charge in [-0.15, -0.1) is 0 Å². The molecule has 1 rings (SSSR count). The number of aromatic nitrogens is 1. The van der Waals surface area contributed by atoms with Gasteiger partial charge >= 0.3 is 6.18 Å². The lowest BCUT2D eigenvalue weighted by Gasteiger charge is -2.09. The zero-order chi connectivity index (χ0) is 12.2. The first-order valence-corrected chi connectivity index (χ1v) is 4.81. The molecule has 0 atom stereocenters. The highest BCUT2D eigenvalue weighted by Gasteiger charge is 2.26. The fourth-order valence-electron chi connectivity index (χ4n) is 1.14. The standard InChI is InChI=1S/C10H13F3N2O/c1-7-3-4-8(9(14)15-7)16-6-2-5-10(11,12)13/h3-4H,2,5-6H2,1H3,(H2,14,15). The molecule has 0 unspecified atom stereocenters. The van der Waals surface area contributed by atoms with Crippen LogP contribution in [0.25, 0.3) is 0 Å². The molecule has 0 fully saturated rings. The van der Waals surface area contributed by atoms with Crippen LogP contribution in [0.5, 0.6) is 5.75 Å². The number of ether oxygens (including phenoxy) is 1. The molecule has 0 bridgehead atoms. The Hall–Kier alpha value is -1.46. The molecule has 0 amide bonds. The van der Waals surface area contributed by atoms with Crippen molar-refractivity contribution in [2.24, 2.45) is 0 Å². The number of aryl methyl sites for hydroxylation is 1. The minimum absolute atomic E-state index is 0.0194. The van der Waals surface area contributed by atoms with Crippen molar-refractivity contribution in [1.82, 2.24) is 4.98 Å². The van der Waals surface area contributed by atoms with Crippen LogP contribution in [0.1, 0.15) is 18.5 Å². The topological polar surface area (TPSA) is 48.1 Å². The van der Waals surface area contributed by atoms with Gasteiger partial charge in [0.15, 0.2) is 11.6 Å². The fraction of sp³-hybridized carbons (Fsp3) is 0.500. The largest absolute Gasteiger partial charge is 0.490 e. The summed E-state index contributed by atoms with van der Waals surface area (Å²) in [5.41, 5.74) is 6.27. The van der Waals surface area contributed by atoms with Gasteiger partial charge in [-0.2, -0.15) is 13.2 Å². The molecular weight excluding hydrogens is 221 g/mol. The highest BCUT2D eigenvalue weighted by Crippen LogP contribution is 2.23. The van der Waals surface area contributed by atoms with Crippen molar-refractivity contribution in [3.05, 3.63) is 17.8 Å². The number of hydrogen-bond donors (Lipinski definition) is 1. The third-order valence-electron chi connectivity index (χ3n) is 1.89. The maximum atomic E-state index is 11.8. The third kappa shape index (κ3) is 4.37. The Bertz CT molecular complexity index is 352. The molecule has 1 aromatic rings. The highest BCUT2D eigenvalue weighted by molar-refractivity contribution is 5.46. The average molecular weight is 234 g/mol. The number of anilines is 1. The zero-order valence-corrected chi connectivity index (χ0v) is 8.84. The predicted octanol–water partition coefficient (Wildman–Crippen LogP) is 2.69. The molecule has 0 radical (unpaired) electrons. The summed E-state index contributed by atoms with van der Waals surface area (Å²) in [5, 5.41) is 0. The van der Waals surface area contributed by atoms with Gasteiger partial charge in [-0.25, -0.2) is 4.98 Å². The van der Waals surface area contributed by atoms with Crippen molar-refractivity contribution in [2.45, 2.75) is 25.9 Å². The molecule has 0 aliphatic rings. The van der Waals surface area contributed by atoms with Crippen molar-refractivity contribution < 1.29 is 17.9 Å². The Balaban J connectivity index is 2.38. The quantitative estimate of drug-likeness (QED) is 0.815. The molecule has 0 saturated carbocycles. The Labute approximate surface area is 91.4 Å². The van der Waals surface area contributed by atoms with E-state index in [1.54, 1.807) is 19.1 Å². The first-order valence-electron chi connectivity index (χ1n) is 4.81. The normalized spacial score (nSPS) is 11.5. The van der Waals surface area contributed by atoms with E-state index in [-0.39, 0.29) is 18.8 Å². The van der Waals surface area contributed by atoms with E-state index in [9.17, 15) is 13.2 Å². The van der Waals surface area contributed by atoms with Gasteiger partial charge in [-0.05, 0) is 25.5 Å². The Morgan fingerprint density at radius 1 is 1.38 bits per heavy atom. The number of halogens is 3. The summed E-state index contributed by atoms with van der Waals surface area (Å²) >= 11 is 0. The Morgan fingerprint density at radius 2 is 2.06 bits per heavy atom. The van der Waals surface area contributed by atoms with Crippen LogP contribution in [0.4, 0.5) is 19.0 Å². The molecule has 16 heavy (non-hydrogen) atoms. The van der Waals surface area contributed by atoms with E-state index in [0.29, 0.717) is 5.75 Å². The van der Waals surface area contributed by atoms with E-state index >= 15 is 0 Å². The average Bonchev–Trinajstić information content (AvgIpc) is 2.13. The van der Waals surface area contributed by atoms with Crippen LogP contribution in [0, 0.1) is 6.92 Å². The first-order chi connectivity index (χ1) is 7.38. The van der Waals surface area contributed by atoms with Crippen molar-refractivity contribution in [3.8, 4) is 5.75 Å². The van der Waals surface area contributed by atoms with Crippen LogP contribution in [0.3, 0.4) is 0 Å². The van der Waals surface area contributed by atoms with E-state index in [2.05, 4.69) is 4.98 Å². The van der Waals surface area contributed by atoms with Crippen molar-refractivity contribution in [3.63, 3.8) is 0 Å². The summed E-state index contributed by atoms with van der Waals surface area (Å²) in [6.07, 6.45) is -5.08. The maximum absolute atomic E-state index is 11.8. The van der Waals surface area contributed by atoms with Crippen LogP contribution in [-0.2, 0) is 0 Å². The number of hydrogen-bond acceptors (Lipinski definition) is 3. The molecule has 3 nitrogen and oxygen atoms in total. The minimum atomic E-state index is -4.14. The van der Waals surface area contributed by atoms with Crippen LogP contribution < -0.4 is 10.5 Å². The summed E-state index contributed by atoms with van der Waals surface area (Å²) in [6.45, 7) is 1.75. The van der Waals surface area contributed by atoms with Crippen LogP contribution in [-0.4, -0.2) is 17.8 Å². The van der Waals surface area contributed by atoms with Gasteiger partial charge in [0.05, 0.1) is 6.61 Å². The smallest absolute Gasteiger partial charge is 0.389 e. The predicted molar refractivity (Wildman–Crippen MR) is 54.2 cm³/mol. The summed E-state index contributed by atoms with van der Waals surface area (Å²) < 4.78 is 40.6. The summed E-state index contributed by atoms with van der Waals surface area (Å²) in [7, 11) is 0. The minimum Gasteiger partial charge on any atom is -0.490 e. The van der Waals surface area contributed by atoms with Gasteiger partial charge in [0.1, 0.15) is 0 Å². The van der Waals surface area contributed by atoms with Crippen LogP contribution >= 0.6 is 0 Å². The van der Waals surface area contributed by atoms with Crippen LogP contribution in [0.2, 0.25) is 0 Å². The second kappa shape index (κ2) is 5.05. The summed E-state index contributed by atoms with van der Waals surface area (Å²) in [4.78, 5) is 3.93. The Kier molecular flexibility index (Phi) is 3.98. The second-order valence-electron chi connectivity index (χ2n) is 3.40. The molecule has 0 aromatic carbocycles. The molecule has 90 valence electrons. The molecule has 2 N–H and O–H groups in total. The number of alkyl halides is 3. The lowest BCUT2D eigenvalue weighted by Crippen LogP contribution is -2.10. The van der Waals surface area contributed by atoms with Gasteiger partial charge in [0, 0.05) is 12.1 Å². The van der Waals surface area contributed by atoms with E-state index < -0.39 is 12.6 Å². The number of rotatable bonds is 4. The van der Waals surface area contributed by atoms with Gasteiger partial charge in [0.25, 0.3) is 0 Å². The van der Waals surface area contributed by atoms with Crippen molar-refractivity contribution in [1.29, 1.82) is 0 Å². The molecule has 1 aromatic heterocycles. The third-order valence-corrected chi connectivity index (χ3v) is 1.89. The number of pyridine rings is 1. The van der Waals surface area contributed by atoms with E-state index in [0.717, 1.165) is 5.69 Å². The second-order valence-corrected chi connectivity index (χ2v) is 3.40. The number of nitrogen functional groups attached to an aromatic ring is 1. The van der Waals surface area contributed by atoms with Gasteiger partial charge < -0.3 is 10.5 Å². The molecule has 1 heterocycles. The SMILES string of the molecule is Cc1ccc(OCCCC(F)(F)F)c(N)n1. The monoisotopic (exact) mass is 234 g/mol. The van der Waals surface area contributed by atoms with Crippen LogP contribution in [0.15, 0.2) is 12.1 Å². The lowest BCUT2D eigenvalue weighted by molar-refractivity contribution is -0.136. The van der Waals surface area contributed by atoms with E-state index in [1.165, 1.54) is 0 Å². The summed E-state index contributed by atoms with van der Waals surface area (Å²) in [6, 6.07) is 3.29. The first kappa shape index (κ1) is 12.6. The zero-order valence-electron chi connectivity index (χ0n) is 8.84. The van der Waals surface area contributed by atoms with Gasteiger partial charge in [-0.1, -0.05) is 0 Å². The molecule has 0 saturated heterocycles. The molecule has 0 spiro atoms. The molecule has 6 heteroatoms. The summed E-state index contributed by atoms with van der Waals surface area (Å²) in [5.74, 6) is 0.528. The van der Waals surface area contributed by atoms with E-state index in [1.807, 2.05) is 0 Å². The maximum Gasteiger partial charge on any atom is 0.389 e. The van der Waals surface area contributed by atoms with E-state index in [4.69, 9.17) is 10.5 Å². The van der Waals surface area contributed by atoms with Crippen molar-refractivity contribution >= 4 is 5.82 Å². The van der Waals surface area contributed by atoms with Crippen molar-refractivity contribution in [2.75, 3.05) is 12.3 Å². The fourth-order valence-corrected chi connectivity index (χ4v) is 1.14. The van der Waals surface area contributed by atoms with Gasteiger partial charge in [-0.3, -0.25) is 0 Å². The molecular formula is C10H13F3N2O. The lowest BCUT2D eigenvalue weighted by atomic mass is 10.3. The molecule has 0 aliphatic heterocycles. The highest BCUT2D eigenvalue weighted by atomic mass is 19.4. The number of nitrogens with two attached hydrogens (primary N) is 1. The number of nitrogens with zero attached hydrogens (tertiary/aromatic N) is 1. The Morgan fingerprint density at radius 3 is 2.62 bits per heavy atom. The molecule has 0 aliphatic carbocycles. The van der Waals surface area contributed by atoms with Gasteiger partial charge in [0.2, 0.25) is 0 Å².